The molecule has 1 amide bonds. The average Bonchev–Trinajstić information content (AvgIpc) is 2.96. The van der Waals surface area contributed by atoms with Crippen LogP contribution in [0.1, 0.15) is 38.7 Å². The number of carbonyl (C=O) groups is 1. The van der Waals surface area contributed by atoms with Crippen molar-refractivity contribution in [1.82, 2.24) is 4.31 Å². The van der Waals surface area contributed by atoms with E-state index in [2.05, 4.69) is 0 Å². The van der Waals surface area contributed by atoms with Gasteiger partial charge in [0.1, 0.15) is 0 Å². The Morgan fingerprint density at radius 1 is 0.778 bits per heavy atom. The lowest BCUT2D eigenvalue weighted by Gasteiger charge is -2.25. The van der Waals surface area contributed by atoms with Crippen LogP contribution in [-0.4, -0.2) is 18.6 Å². The topological polar surface area (TPSA) is 54.5 Å². The van der Waals surface area contributed by atoms with Crippen molar-refractivity contribution in [2.24, 2.45) is 0 Å². The van der Waals surface area contributed by atoms with E-state index in [9.17, 15) is 13.2 Å². The van der Waals surface area contributed by atoms with Crippen molar-refractivity contribution >= 4 is 15.9 Å². The first-order chi connectivity index (χ1) is 12.9. The third kappa shape index (κ3) is 2.84. The lowest BCUT2D eigenvalue weighted by molar-refractivity contribution is 0.0865. The van der Waals surface area contributed by atoms with Crippen molar-refractivity contribution in [3.05, 3.63) is 101 Å². The molecule has 0 N–H and O–H groups in total. The van der Waals surface area contributed by atoms with Gasteiger partial charge in [0.25, 0.3) is 15.9 Å². The zero-order chi connectivity index (χ0) is 19.2. The van der Waals surface area contributed by atoms with Crippen molar-refractivity contribution in [3.63, 3.8) is 0 Å². The van der Waals surface area contributed by atoms with Gasteiger partial charge in [-0.05, 0) is 43.2 Å². The standard InChI is InChI=1S/C22H19NO3S/c1-15-7-11-17(12-8-15)21-19-5-3-4-6-20(19)22(24)23(21)27(25,26)18-13-9-16(2)10-14-18/h3-14,21H,1-2H3/t21-/m0/s1. The van der Waals surface area contributed by atoms with Gasteiger partial charge in [-0.25, -0.2) is 12.7 Å². The molecule has 0 saturated carbocycles. The van der Waals surface area contributed by atoms with Crippen molar-refractivity contribution in [2.45, 2.75) is 24.8 Å². The molecule has 1 aliphatic heterocycles. The van der Waals surface area contributed by atoms with Crippen LogP contribution in [0.2, 0.25) is 0 Å². The van der Waals surface area contributed by atoms with Crippen LogP contribution < -0.4 is 0 Å². The van der Waals surface area contributed by atoms with Gasteiger partial charge in [-0.2, -0.15) is 0 Å². The van der Waals surface area contributed by atoms with E-state index < -0.39 is 22.0 Å². The van der Waals surface area contributed by atoms with Crippen molar-refractivity contribution < 1.29 is 13.2 Å². The lowest BCUT2D eigenvalue weighted by Crippen LogP contribution is -2.35. The van der Waals surface area contributed by atoms with E-state index in [4.69, 9.17) is 0 Å². The first-order valence-corrected chi connectivity index (χ1v) is 10.1. The highest BCUT2D eigenvalue weighted by Crippen LogP contribution is 2.41. The molecular weight excluding hydrogens is 358 g/mol. The second-order valence-electron chi connectivity index (χ2n) is 6.82. The van der Waals surface area contributed by atoms with Gasteiger partial charge in [0, 0.05) is 5.56 Å². The minimum atomic E-state index is -4.00. The van der Waals surface area contributed by atoms with Gasteiger partial charge in [-0.15, -0.1) is 0 Å². The SMILES string of the molecule is Cc1ccc([C@H]2c3ccccc3C(=O)N2S(=O)(=O)c2ccc(C)cc2)cc1. The fourth-order valence-corrected chi connectivity index (χ4v) is 4.96. The predicted octanol–water partition coefficient (Wildman–Crippen LogP) is 4.24. The number of fused-ring (bicyclic) bond motifs is 1. The summed E-state index contributed by atoms with van der Waals surface area (Å²) in [4.78, 5) is 13.2. The van der Waals surface area contributed by atoms with Crippen LogP contribution in [0.25, 0.3) is 0 Å². The van der Waals surface area contributed by atoms with E-state index in [1.165, 1.54) is 0 Å². The Bertz CT molecular complexity index is 1120. The maximum atomic E-state index is 13.4. The number of nitrogens with zero attached hydrogens (tertiary/aromatic N) is 1. The molecule has 3 aromatic carbocycles. The Hall–Kier alpha value is -2.92. The largest absolute Gasteiger partial charge is 0.268 e. The van der Waals surface area contributed by atoms with Crippen molar-refractivity contribution in [2.75, 3.05) is 0 Å². The third-order valence-corrected chi connectivity index (χ3v) is 6.65. The molecule has 1 atom stereocenters. The molecule has 4 nitrogen and oxygen atoms in total. The van der Waals surface area contributed by atoms with Gasteiger partial charge in [-0.3, -0.25) is 4.79 Å². The van der Waals surface area contributed by atoms with Crippen LogP contribution in [-0.2, 0) is 10.0 Å². The second kappa shape index (κ2) is 6.35. The van der Waals surface area contributed by atoms with E-state index in [-0.39, 0.29) is 4.90 Å². The van der Waals surface area contributed by atoms with Gasteiger partial charge in [0.15, 0.2) is 0 Å². The van der Waals surface area contributed by atoms with Crippen molar-refractivity contribution in [1.29, 1.82) is 0 Å². The molecule has 0 fully saturated rings. The summed E-state index contributed by atoms with van der Waals surface area (Å²) in [5.74, 6) is -0.489. The van der Waals surface area contributed by atoms with Crippen LogP contribution in [0, 0.1) is 13.8 Å². The zero-order valence-electron chi connectivity index (χ0n) is 15.1. The summed E-state index contributed by atoms with van der Waals surface area (Å²) in [6.07, 6.45) is 0. The number of hydrogen-bond acceptors (Lipinski definition) is 3. The Balaban J connectivity index is 1.91. The van der Waals surface area contributed by atoms with Crippen LogP contribution in [0.15, 0.2) is 77.7 Å². The van der Waals surface area contributed by atoms with E-state index in [1.54, 1.807) is 36.4 Å². The summed E-state index contributed by atoms with van der Waals surface area (Å²) < 4.78 is 27.8. The van der Waals surface area contributed by atoms with Crippen LogP contribution in [0.4, 0.5) is 0 Å². The fraction of sp³-hybridized carbons (Fsp3) is 0.136. The molecule has 0 unspecified atom stereocenters. The van der Waals surface area contributed by atoms with Gasteiger partial charge in [-0.1, -0.05) is 65.7 Å². The second-order valence-corrected chi connectivity index (χ2v) is 8.63. The number of benzene rings is 3. The van der Waals surface area contributed by atoms with E-state index in [0.717, 1.165) is 21.0 Å². The number of carbonyl (C=O) groups excluding carboxylic acids is 1. The monoisotopic (exact) mass is 377 g/mol. The number of hydrogen-bond donors (Lipinski definition) is 0. The first kappa shape index (κ1) is 17.5. The Morgan fingerprint density at radius 2 is 1.33 bits per heavy atom. The molecule has 0 radical (unpaired) electrons. The molecule has 0 aromatic heterocycles. The van der Waals surface area contributed by atoms with Crippen LogP contribution in [0.5, 0.6) is 0 Å². The molecule has 0 aliphatic carbocycles. The van der Waals surface area contributed by atoms with Gasteiger partial charge in [0.2, 0.25) is 0 Å². The summed E-state index contributed by atoms with van der Waals surface area (Å²) in [7, 11) is -4.00. The van der Waals surface area contributed by atoms with Crippen molar-refractivity contribution in [3.8, 4) is 0 Å². The minimum absolute atomic E-state index is 0.117. The van der Waals surface area contributed by atoms with E-state index in [1.807, 2.05) is 50.2 Å². The summed E-state index contributed by atoms with van der Waals surface area (Å²) in [5.41, 5.74) is 3.94. The van der Waals surface area contributed by atoms with E-state index >= 15 is 0 Å². The van der Waals surface area contributed by atoms with Crippen LogP contribution >= 0.6 is 0 Å². The minimum Gasteiger partial charge on any atom is -0.268 e. The number of amides is 1. The summed E-state index contributed by atoms with van der Waals surface area (Å²) in [6, 6.07) is 20.6. The average molecular weight is 377 g/mol. The van der Waals surface area contributed by atoms with Gasteiger partial charge < -0.3 is 0 Å². The maximum Gasteiger partial charge on any atom is 0.268 e. The highest BCUT2D eigenvalue weighted by atomic mass is 32.2. The Kier molecular flexibility index (Phi) is 4.12. The summed E-state index contributed by atoms with van der Waals surface area (Å²) in [6.45, 7) is 3.86. The lowest BCUT2D eigenvalue weighted by atomic mass is 9.98. The first-order valence-electron chi connectivity index (χ1n) is 8.70. The van der Waals surface area contributed by atoms with Gasteiger partial charge >= 0.3 is 0 Å². The predicted molar refractivity (Wildman–Crippen MR) is 104 cm³/mol. The highest BCUT2D eigenvalue weighted by molar-refractivity contribution is 7.89. The van der Waals surface area contributed by atoms with Gasteiger partial charge in [0.05, 0.1) is 10.9 Å². The molecule has 4 rings (SSSR count). The normalized spacial score (nSPS) is 16.4. The molecular formula is C22H19NO3S. The highest BCUT2D eigenvalue weighted by Gasteiger charge is 2.45. The Labute approximate surface area is 159 Å². The number of sulfonamides is 1. The summed E-state index contributed by atoms with van der Waals surface area (Å²) in [5, 5.41) is 0. The molecule has 136 valence electrons. The summed E-state index contributed by atoms with van der Waals surface area (Å²) >= 11 is 0. The molecule has 3 aromatic rings. The number of aryl methyl sites for hydroxylation is 2. The van der Waals surface area contributed by atoms with Crippen LogP contribution in [0.3, 0.4) is 0 Å². The quantitative estimate of drug-likeness (QED) is 0.686. The molecule has 1 heterocycles. The maximum absolute atomic E-state index is 13.4. The fourth-order valence-electron chi connectivity index (χ4n) is 3.43. The third-order valence-electron chi connectivity index (χ3n) is 4.89. The molecule has 0 spiro atoms. The van der Waals surface area contributed by atoms with E-state index in [0.29, 0.717) is 11.1 Å². The Morgan fingerprint density at radius 3 is 1.96 bits per heavy atom. The molecule has 0 saturated heterocycles. The molecule has 0 bridgehead atoms. The zero-order valence-corrected chi connectivity index (χ0v) is 15.9. The molecule has 27 heavy (non-hydrogen) atoms. The molecule has 5 heteroatoms. The molecule has 1 aliphatic rings. The number of rotatable bonds is 3. The smallest absolute Gasteiger partial charge is 0.268 e.